The lowest BCUT2D eigenvalue weighted by Gasteiger charge is -2.11. The molecule has 0 radical (unpaired) electrons. The van der Waals surface area contributed by atoms with Crippen molar-refractivity contribution in [3.63, 3.8) is 0 Å². The van der Waals surface area contributed by atoms with Crippen LogP contribution in [0.25, 0.3) is 11.0 Å². The van der Waals surface area contributed by atoms with Crippen LogP contribution >= 0.6 is 0 Å². The molecule has 0 aliphatic heterocycles. The van der Waals surface area contributed by atoms with Crippen LogP contribution in [-0.2, 0) is 0 Å². The molecule has 0 saturated heterocycles. The maximum Gasteiger partial charge on any atom is 0.161 e. The van der Waals surface area contributed by atoms with Gasteiger partial charge in [-0.3, -0.25) is 0 Å². The van der Waals surface area contributed by atoms with Crippen LogP contribution < -0.4 is 10.1 Å². The van der Waals surface area contributed by atoms with E-state index in [4.69, 9.17) is 4.74 Å². The second kappa shape index (κ2) is 6.02. The smallest absolute Gasteiger partial charge is 0.161 e. The molecule has 0 bridgehead atoms. The Balaban J connectivity index is 1.96. The fourth-order valence-electron chi connectivity index (χ4n) is 2.38. The summed E-state index contributed by atoms with van der Waals surface area (Å²) < 4.78 is 5.47. The van der Waals surface area contributed by atoms with Crippen LogP contribution in [0, 0.1) is 13.8 Å². The van der Waals surface area contributed by atoms with Crippen molar-refractivity contribution in [2.45, 2.75) is 20.8 Å². The minimum Gasteiger partial charge on any atom is -0.494 e. The van der Waals surface area contributed by atoms with Gasteiger partial charge in [-0.1, -0.05) is 0 Å². The van der Waals surface area contributed by atoms with Crippen LogP contribution in [0.1, 0.15) is 18.3 Å². The summed E-state index contributed by atoms with van der Waals surface area (Å²) in [5.74, 6) is 0.876. The Hall–Kier alpha value is -2.62. The summed E-state index contributed by atoms with van der Waals surface area (Å²) >= 11 is 0. The van der Waals surface area contributed by atoms with E-state index in [1.807, 2.05) is 57.2 Å². The van der Waals surface area contributed by atoms with Crippen molar-refractivity contribution in [2.24, 2.45) is 0 Å². The van der Waals surface area contributed by atoms with E-state index in [0.717, 1.165) is 39.5 Å². The van der Waals surface area contributed by atoms with E-state index >= 15 is 0 Å². The molecule has 112 valence electrons. The SMILES string of the molecule is CCOc1ccc(Nc2cc(C)nc3nc(C)ccc23)cc1. The van der Waals surface area contributed by atoms with Gasteiger partial charge in [-0.15, -0.1) is 0 Å². The summed E-state index contributed by atoms with van der Waals surface area (Å²) in [4.78, 5) is 9.01. The average Bonchev–Trinajstić information content (AvgIpc) is 2.49. The van der Waals surface area contributed by atoms with Crippen molar-refractivity contribution in [1.29, 1.82) is 0 Å². The summed E-state index contributed by atoms with van der Waals surface area (Å²) in [7, 11) is 0. The molecular formula is C18H19N3O. The third-order valence-corrected chi connectivity index (χ3v) is 3.38. The van der Waals surface area contributed by atoms with Crippen molar-refractivity contribution < 1.29 is 4.74 Å². The normalized spacial score (nSPS) is 10.7. The van der Waals surface area contributed by atoms with Gasteiger partial charge in [-0.2, -0.15) is 0 Å². The Labute approximate surface area is 130 Å². The molecule has 2 heterocycles. The van der Waals surface area contributed by atoms with E-state index in [-0.39, 0.29) is 0 Å². The number of hydrogen-bond acceptors (Lipinski definition) is 4. The minimum absolute atomic E-state index is 0.673. The van der Waals surface area contributed by atoms with Gasteiger partial charge in [0.2, 0.25) is 0 Å². The highest BCUT2D eigenvalue weighted by Crippen LogP contribution is 2.26. The number of pyridine rings is 2. The second-order valence-corrected chi connectivity index (χ2v) is 5.22. The molecule has 22 heavy (non-hydrogen) atoms. The molecule has 4 heteroatoms. The van der Waals surface area contributed by atoms with Crippen LogP contribution in [-0.4, -0.2) is 16.6 Å². The molecule has 0 aliphatic carbocycles. The topological polar surface area (TPSA) is 47.0 Å². The van der Waals surface area contributed by atoms with Gasteiger partial charge in [0, 0.05) is 22.5 Å². The average molecular weight is 293 g/mol. The van der Waals surface area contributed by atoms with Crippen molar-refractivity contribution in [3.8, 4) is 5.75 Å². The fourth-order valence-corrected chi connectivity index (χ4v) is 2.38. The first-order valence-electron chi connectivity index (χ1n) is 7.40. The molecule has 4 nitrogen and oxygen atoms in total. The van der Waals surface area contributed by atoms with E-state index in [0.29, 0.717) is 6.61 Å². The predicted molar refractivity (Wildman–Crippen MR) is 89.9 cm³/mol. The largest absolute Gasteiger partial charge is 0.494 e. The molecule has 3 aromatic rings. The van der Waals surface area contributed by atoms with E-state index in [1.54, 1.807) is 0 Å². The number of hydrogen-bond donors (Lipinski definition) is 1. The number of rotatable bonds is 4. The molecule has 0 aliphatic rings. The summed E-state index contributed by atoms with van der Waals surface area (Å²) in [5, 5.41) is 4.46. The first-order chi connectivity index (χ1) is 10.7. The number of fused-ring (bicyclic) bond motifs is 1. The lowest BCUT2D eigenvalue weighted by atomic mass is 10.2. The number of nitrogens with one attached hydrogen (secondary N) is 1. The molecule has 0 unspecified atom stereocenters. The standard InChI is InChI=1S/C18H19N3O/c1-4-22-15-8-6-14(7-9-15)21-17-11-13(3)20-18-16(17)10-5-12(2)19-18/h5-11H,4H2,1-3H3,(H,19,20,21). The molecular weight excluding hydrogens is 274 g/mol. The quantitative estimate of drug-likeness (QED) is 0.775. The fraction of sp³-hybridized carbons (Fsp3) is 0.222. The van der Waals surface area contributed by atoms with Crippen molar-refractivity contribution in [3.05, 3.63) is 53.9 Å². The molecule has 3 rings (SSSR count). The monoisotopic (exact) mass is 293 g/mol. The summed E-state index contributed by atoms with van der Waals surface area (Å²) in [5.41, 5.74) is 4.71. The zero-order chi connectivity index (χ0) is 15.5. The number of aryl methyl sites for hydroxylation is 2. The number of aromatic nitrogens is 2. The van der Waals surface area contributed by atoms with E-state index in [1.165, 1.54) is 0 Å². The van der Waals surface area contributed by atoms with Crippen LogP contribution in [0.2, 0.25) is 0 Å². The zero-order valence-corrected chi connectivity index (χ0v) is 13.1. The predicted octanol–water partition coefficient (Wildman–Crippen LogP) is 4.39. The second-order valence-electron chi connectivity index (χ2n) is 5.22. The number of benzene rings is 1. The highest BCUT2D eigenvalue weighted by Gasteiger charge is 2.06. The number of ether oxygens (including phenoxy) is 1. The van der Waals surface area contributed by atoms with E-state index in [2.05, 4.69) is 21.4 Å². The maximum atomic E-state index is 5.47. The van der Waals surface area contributed by atoms with Crippen molar-refractivity contribution in [1.82, 2.24) is 9.97 Å². The summed E-state index contributed by atoms with van der Waals surface area (Å²) in [6.45, 7) is 6.61. The highest BCUT2D eigenvalue weighted by atomic mass is 16.5. The van der Waals surface area contributed by atoms with Crippen molar-refractivity contribution in [2.75, 3.05) is 11.9 Å². The molecule has 0 saturated carbocycles. The lowest BCUT2D eigenvalue weighted by molar-refractivity contribution is 0.340. The number of nitrogens with zero attached hydrogens (tertiary/aromatic N) is 2. The van der Waals surface area contributed by atoms with Gasteiger partial charge in [0.1, 0.15) is 5.75 Å². The molecule has 0 spiro atoms. The zero-order valence-electron chi connectivity index (χ0n) is 13.1. The van der Waals surface area contributed by atoms with E-state index < -0.39 is 0 Å². The van der Waals surface area contributed by atoms with Gasteiger partial charge in [-0.05, 0) is 63.2 Å². The molecule has 0 atom stereocenters. The Morgan fingerprint density at radius 3 is 2.41 bits per heavy atom. The van der Waals surface area contributed by atoms with Gasteiger partial charge >= 0.3 is 0 Å². The Morgan fingerprint density at radius 1 is 0.955 bits per heavy atom. The number of anilines is 2. The lowest BCUT2D eigenvalue weighted by Crippen LogP contribution is -1.97. The first kappa shape index (κ1) is 14.3. The summed E-state index contributed by atoms with van der Waals surface area (Å²) in [6.07, 6.45) is 0. The van der Waals surface area contributed by atoms with Crippen molar-refractivity contribution >= 4 is 22.4 Å². The minimum atomic E-state index is 0.673. The Kier molecular flexibility index (Phi) is 3.92. The Bertz CT molecular complexity index is 792. The van der Waals surface area contributed by atoms with E-state index in [9.17, 15) is 0 Å². The van der Waals surface area contributed by atoms with Gasteiger partial charge in [0.05, 0.1) is 12.3 Å². The van der Waals surface area contributed by atoms with Gasteiger partial charge < -0.3 is 10.1 Å². The van der Waals surface area contributed by atoms with Crippen LogP contribution in [0.5, 0.6) is 5.75 Å². The third-order valence-electron chi connectivity index (χ3n) is 3.38. The Morgan fingerprint density at radius 2 is 1.68 bits per heavy atom. The molecule has 0 fully saturated rings. The van der Waals surface area contributed by atoms with Gasteiger partial charge in [0.15, 0.2) is 5.65 Å². The van der Waals surface area contributed by atoms with Crippen LogP contribution in [0.15, 0.2) is 42.5 Å². The van der Waals surface area contributed by atoms with Gasteiger partial charge in [0.25, 0.3) is 0 Å². The van der Waals surface area contributed by atoms with Crippen LogP contribution in [0.4, 0.5) is 11.4 Å². The highest BCUT2D eigenvalue weighted by molar-refractivity contribution is 5.91. The third kappa shape index (κ3) is 3.01. The first-order valence-corrected chi connectivity index (χ1v) is 7.40. The van der Waals surface area contributed by atoms with Crippen LogP contribution in [0.3, 0.4) is 0 Å². The molecule has 0 amide bonds. The van der Waals surface area contributed by atoms with Gasteiger partial charge in [-0.25, -0.2) is 9.97 Å². The summed E-state index contributed by atoms with van der Waals surface area (Å²) in [6, 6.07) is 14.0. The molecule has 1 aromatic carbocycles. The molecule has 2 aromatic heterocycles. The maximum absolute atomic E-state index is 5.47. The molecule has 1 N–H and O–H groups in total.